The molecule has 0 bridgehead atoms. The van der Waals surface area contributed by atoms with E-state index in [9.17, 15) is 19.8 Å². The van der Waals surface area contributed by atoms with Crippen molar-refractivity contribution in [1.29, 1.82) is 0 Å². The van der Waals surface area contributed by atoms with Gasteiger partial charge in [0.1, 0.15) is 22.6 Å². The van der Waals surface area contributed by atoms with E-state index in [1.165, 1.54) is 6.07 Å². The van der Waals surface area contributed by atoms with Gasteiger partial charge in [0.2, 0.25) is 0 Å². The molecule has 6 nitrogen and oxygen atoms in total. The number of hydrogen-bond acceptors (Lipinski definition) is 6. The van der Waals surface area contributed by atoms with Crippen LogP contribution >= 0.6 is 0 Å². The maximum atomic E-state index is 11.1. The molecule has 4 rings (SSSR count). The first-order valence-electron chi connectivity index (χ1n) is 10.1. The van der Waals surface area contributed by atoms with Crippen molar-refractivity contribution in [2.75, 3.05) is 13.7 Å². The van der Waals surface area contributed by atoms with Crippen LogP contribution in [0, 0.1) is 0 Å². The average Bonchev–Trinajstić information content (AvgIpc) is 2.81. The monoisotopic (exact) mass is 432 g/mol. The molecule has 0 saturated heterocycles. The number of benzene rings is 3. The number of carbonyl (C=O) groups excluding carboxylic acids is 1. The number of ether oxygens (including phenoxy) is 1. The Labute approximate surface area is 185 Å². The molecule has 1 aromatic heterocycles. The standard InChI is InChI=1S/C16H18O3.C10H6O3/c1-19-11-10-16(12-2-6-14(17)7-3-12)13-4-8-15(18)9-5-13;11-6-8-5-7-3-1-2-4-9(7)13-10(8)12/h2-9,16-18H,10-11H2,1H3;1-6H. The highest BCUT2D eigenvalue weighted by molar-refractivity contribution is 5.83. The maximum Gasteiger partial charge on any atom is 0.346 e. The van der Waals surface area contributed by atoms with Crippen LogP contribution in [0.2, 0.25) is 0 Å². The van der Waals surface area contributed by atoms with Gasteiger partial charge in [-0.3, -0.25) is 4.79 Å². The van der Waals surface area contributed by atoms with Crippen molar-refractivity contribution in [2.45, 2.75) is 12.3 Å². The van der Waals surface area contributed by atoms with E-state index in [2.05, 4.69) is 0 Å². The molecule has 32 heavy (non-hydrogen) atoms. The number of carbonyl (C=O) groups is 1. The normalized spacial score (nSPS) is 10.6. The van der Waals surface area contributed by atoms with Crippen molar-refractivity contribution < 1.29 is 24.2 Å². The minimum Gasteiger partial charge on any atom is -0.508 e. The molecule has 0 fully saturated rings. The number of rotatable bonds is 6. The average molecular weight is 432 g/mol. The highest BCUT2D eigenvalue weighted by Crippen LogP contribution is 2.30. The van der Waals surface area contributed by atoms with E-state index in [0.717, 1.165) is 22.9 Å². The SMILES string of the molecule is COCCC(c1ccc(O)cc1)c1ccc(O)cc1.O=Cc1cc2ccccc2oc1=O. The van der Waals surface area contributed by atoms with Crippen LogP contribution in [0.25, 0.3) is 11.0 Å². The Hall–Kier alpha value is -3.90. The molecule has 6 heteroatoms. The summed E-state index contributed by atoms with van der Waals surface area (Å²) in [5.74, 6) is 0.723. The van der Waals surface area contributed by atoms with Crippen molar-refractivity contribution in [3.8, 4) is 11.5 Å². The number of methoxy groups -OCH3 is 1. The van der Waals surface area contributed by atoms with E-state index in [4.69, 9.17) is 9.15 Å². The summed E-state index contributed by atoms with van der Waals surface area (Å²) in [6, 6.07) is 23.0. The number of phenolic OH excluding ortho intramolecular Hbond substituents is 2. The van der Waals surface area contributed by atoms with Gasteiger partial charge in [-0.15, -0.1) is 0 Å². The lowest BCUT2D eigenvalue weighted by Gasteiger charge is -2.18. The molecule has 0 atom stereocenters. The number of phenols is 2. The number of para-hydroxylation sites is 1. The third-order valence-electron chi connectivity index (χ3n) is 5.00. The predicted octanol–water partition coefficient (Wildman–Crippen LogP) is 4.87. The van der Waals surface area contributed by atoms with E-state index in [1.54, 1.807) is 49.6 Å². The van der Waals surface area contributed by atoms with Crippen molar-refractivity contribution in [3.63, 3.8) is 0 Å². The molecule has 0 spiro atoms. The van der Waals surface area contributed by atoms with E-state index in [-0.39, 0.29) is 23.0 Å². The highest BCUT2D eigenvalue weighted by atomic mass is 16.5. The van der Waals surface area contributed by atoms with E-state index >= 15 is 0 Å². The Morgan fingerprint density at radius 2 is 1.47 bits per heavy atom. The lowest BCUT2D eigenvalue weighted by molar-refractivity contribution is 0.112. The zero-order valence-electron chi connectivity index (χ0n) is 17.6. The van der Waals surface area contributed by atoms with E-state index < -0.39 is 5.63 Å². The molecule has 0 saturated carbocycles. The topological polar surface area (TPSA) is 97.0 Å². The maximum absolute atomic E-state index is 11.1. The van der Waals surface area contributed by atoms with Gasteiger partial charge in [-0.05, 0) is 53.9 Å². The molecular formula is C26H24O6. The second-order valence-corrected chi connectivity index (χ2v) is 7.16. The van der Waals surface area contributed by atoms with Gasteiger partial charge in [-0.25, -0.2) is 4.79 Å². The summed E-state index contributed by atoms with van der Waals surface area (Å²) in [6.45, 7) is 0.659. The Morgan fingerprint density at radius 3 is 2.00 bits per heavy atom. The van der Waals surface area contributed by atoms with Crippen LogP contribution in [0.4, 0.5) is 0 Å². The van der Waals surface area contributed by atoms with E-state index in [1.807, 2.05) is 30.3 Å². The van der Waals surface area contributed by atoms with Crippen LogP contribution < -0.4 is 5.63 Å². The molecular weight excluding hydrogens is 408 g/mol. The zero-order valence-corrected chi connectivity index (χ0v) is 17.6. The summed E-state index contributed by atoms with van der Waals surface area (Å²) < 4.78 is 10.1. The second-order valence-electron chi connectivity index (χ2n) is 7.16. The second kappa shape index (κ2) is 10.9. The fourth-order valence-electron chi connectivity index (χ4n) is 3.33. The summed E-state index contributed by atoms with van der Waals surface area (Å²) in [6.07, 6.45) is 1.35. The van der Waals surface area contributed by atoms with Crippen LogP contribution in [-0.2, 0) is 4.74 Å². The van der Waals surface area contributed by atoms with Crippen LogP contribution in [0.3, 0.4) is 0 Å². The molecule has 3 aromatic carbocycles. The molecule has 1 heterocycles. The molecule has 164 valence electrons. The third kappa shape index (κ3) is 5.83. The van der Waals surface area contributed by atoms with Crippen molar-refractivity contribution in [1.82, 2.24) is 0 Å². The van der Waals surface area contributed by atoms with Gasteiger partial charge in [0.05, 0.1) is 0 Å². The number of hydrogen-bond donors (Lipinski definition) is 2. The number of fused-ring (bicyclic) bond motifs is 1. The summed E-state index contributed by atoms with van der Waals surface area (Å²) in [4.78, 5) is 21.5. The fourth-order valence-corrected chi connectivity index (χ4v) is 3.33. The summed E-state index contributed by atoms with van der Waals surface area (Å²) in [5.41, 5.74) is 2.21. The minimum atomic E-state index is -0.589. The summed E-state index contributed by atoms with van der Waals surface area (Å²) in [5, 5.41) is 19.5. The molecule has 4 aromatic rings. The van der Waals surface area contributed by atoms with Gasteiger partial charge in [0, 0.05) is 25.0 Å². The summed E-state index contributed by atoms with van der Waals surface area (Å²) >= 11 is 0. The van der Waals surface area contributed by atoms with Gasteiger partial charge < -0.3 is 19.4 Å². The van der Waals surface area contributed by atoms with Crippen molar-refractivity contribution in [2.24, 2.45) is 0 Å². The van der Waals surface area contributed by atoms with E-state index in [0.29, 0.717) is 18.5 Å². The number of aromatic hydroxyl groups is 2. The Bertz CT molecular complexity index is 1160. The van der Waals surface area contributed by atoms with Crippen LogP contribution in [0.5, 0.6) is 11.5 Å². The largest absolute Gasteiger partial charge is 0.508 e. The smallest absolute Gasteiger partial charge is 0.346 e. The van der Waals surface area contributed by atoms with Gasteiger partial charge in [0.25, 0.3) is 0 Å². The minimum absolute atomic E-state index is 0.0544. The quantitative estimate of drug-likeness (QED) is 0.333. The Morgan fingerprint density at radius 1 is 0.906 bits per heavy atom. The Kier molecular flexibility index (Phi) is 7.78. The van der Waals surface area contributed by atoms with Crippen molar-refractivity contribution >= 4 is 17.3 Å². The highest BCUT2D eigenvalue weighted by Gasteiger charge is 2.14. The summed E-state index contributed by atoms with van der Waals surface area (Å²) in [7, 11) is 1.69. The molecule has 0 aliphatic rings. The molecule has 0 amide bonds. The predicted molar refractivity (Wildman–Crippen MR) is 122 cm³/mol. The van der Waals surface area contributed by atoms with Gasteiger partial charge in [-0.1, -0.05) is 42.5 Å². The first-order valence-corrected chi connectivity index (χ1v) is 10.1. The van der Waals surface area contributed by atoms with Gasteiger partial charge in [-0.2, -0.15) is 0 Å². The molecule has 0 radical (unpaired) electrons. The Balaban J connectivity index is 0.000000193. The van der Waals surface area contributed by atoms with Crippen LogP contribution in [0.1, 0.15) is 33.8 Å². The van der Waals surface area contributed by atoms with Crippen LogP contribution in [-0.4, -0.2) is 30.2 Å². The molecule has 0 aliphatic carbocycles. The van der Waals surface area contributed by atoms with Gasteiger partial charge in [0.15, 0.2) is 6.29 Å². The first kappa shape index (κ1) is 22.8. The third-order valence-corrected chi connectivity index (χ3v) is 5.00. The van der Waals surface area contributed by atoms with Crippen molar-refractivity contribution in [3.05, 3.63) is 106 Å². The molecule has 2 N–H and O–H groups in total. The fraction of sp³-hybridized carbons (Fsp3) is 0.154. The number of aldehydes is 1. The van der Waals surface area contributed by atoms with Crippen LogP contribution in [0.15, 0.2) is 88.1 Å². The molecule has 0 unspecified atom stereocenters. The molecule has 0 aliphatic heterocycles. The van der Waals surface area contributed by atoms with Gasteiger partial charge >= 0.3 is 5.63 Å². The zero-order chi connectivity index (χ0) is 22.9. The lowest BCUT2D eigenvalue weighted by Crippen LogP contribution is -2.05. The first-order chi connectivity index (χ1) is 15.5. The lowest BCUT2D eigenvalue weighted by atomic mass is 9.89.